The van der Waals surface area contributed by atoms with Crippen LogP contribution in [0.1, 0.15) is 12.0 Å². The first-order chi connectivity index (χ1) is 8.52. The molecule has 1 aromatic heterocycles. The van der Waals surface area contributed by atoms with E-state index >= 15 is 0 Å². The van der Waals surface area contributed by atoms with Gasteiger partial charge < -0.3 is 10.6 Å². The second kappa shape index (κ2) is 4.93. The number of halogens is 3. The smallest absolute Gasteiger partial charge is 0.351 e. The molecule has 0 saturated heterocycles. The van der Waals surface area contributed by atoms with Gasteiger partial charge in [0, 0.05) is 30.8 Å². The number of hydrogen-bond acceptors (Lipinski definition) is 4. The monoisotopic (exact) mass is 258 g/mol. The van der Waals surface area contributed by atoms with Crippen LogP contribution in [0.5, 0.6) is 0 Å². The lowest BCUT2D eigenvalue weighted by molar-refractivity contribution is -0.0944. The highest BCUT2D eigenvalue weighted by atomic mass is 19.4. The summed E-state index contributed by atoms with van der Waals surface area (Å²) in [6.07, 6.45) is -1.56. The maximum Gasteiger partial charge on any atom is 0.412 e. The van der Waals surface area contributed by atoms with Gasteiger partial charge in [-0.05, 0) is 12.5 Å². The molecular formula is C11H13F3N4. The molecule has 0 aliphatic carbocycles. The standard InChI is InChI=1S/C11H13F3N4/c12-11(13,14)9-2-5-18(6-3-9)10-8(7-15)1-4-16-17-10/h1-2,4H,3,5-7,15H2. The molecule has 0 aromatic carbocycles. The second-order valence-corrected chi connectivity index (χ2v) is 4.01. The number of rotatable bonds is 2. The summed E-state index contributed by atoms with van der Waals surface area (Å²) in [6, 6.07) is 1.73. The van der Waals surface area contributed by atoms with Crippen molar-refractivity contribution >= 4 is 5.82 Å². The first kappa shape index (κ1) is 12.8. The third kappa shape index (κ3) is 2.61. The molecule has 0 amide bonds. The van der Waals surface area contributed by atoms with Gasteiger partial charge >= 0.3 is 6.18 Å². The largest absolute Gasteiger partial charge is 0.412 e. The Morgan fingerprint density at radius 3 is 2.72 bits per heavy atom. The van der Waals surface area contributed by atoms with Gasteiger partial charge in [0.2, 0.25) is 0 Å². The Balaban J connectivity index is 2.17. The molecule has 0 radical (unpaired) electrons. The number of nitrogens with zero attached hydrogens (tertiary/aromatic N) is 3. The number of hydrogen-bond donors (Lipinski definition) is 1. The van der Waals surface area contributed by atoms with Crippen molar-refractivity contribution in [1.82, 2.24) is 10.2 Å². The van der Waals surface area contributed by atoms with Crippen molar-refractivity contribution in [2.45, 2.75) is 19.1 Å². The van der Waals surface area contributed by atoms with Crippen LogP contribution in [0.25, 0.3) is 0 Å². The van der Waals surface area contributed by atoms with Gasteiger partial charge in [-0.15, -0.1) is 5.10 Å². The van der Waals surface area contributed by atoms with Crippen LogP contribution >= 0.6 is 0 Å². The Hall–Kier alpha value is -1.63. The van der Waals surface area contributed by atoms with Crippen molar-refractivity contribution in [3.63, 3.8) is 0 Å². The highest BCUT2D eigenvalue weighted by molar-refractivity contribution is 5.47. The Kier molecular flexibility index (Phi) is 3.51. The highest BCUT2D eigenvalue weighted by Crippen LogP contribution is 2.31. The van der Waals surface area contributed by atoms with E-state index < -0.39 is 11.7 Å². The van der Waals surface area contributed by atoms with Gasteiger partial charge in [0.15, 0.2) is 5.82 Å². The average molecular weight is 258 g/mol. The molecule has 1 aromatic rings. The zero-order valence-electron chi connectivity index (χ0n) is 9.61. The number of nitrogens with two attached hydrogens (primary N) is 1. The van der Waals surface area contributed by atoms with Gasteiger partial charge in [-0.2, -0.15) is 18.3 Å². The van der Waals surface area contributed by atoms with E-state index in [4.69, 9.17) is 5.73 Å². The number of alkyl halides is 3. The van der Waals surface area contributed by atoms with Gasteiger partial charge in [0.05, 0.1) is 6.20 Å². The highest BCUT2D eigenvalue weighted by Gasteiger charge is 2.35. The maximum atomic E-state index is 12.5. The molecule has 0 spiro atoms. The molecule has 0 saturated carbocycles. The Morgan fingerprint density at radius 1 is 1.39 bits per heavy atom. The molecule has 4 nitrogen and oxygen atoms in total. The van der Waals surface area contributed by atoms with Gasteiger partial charge in [-0.25, -0.2) is 0 Å². The number of anilines is 1. The Morgan fingerprint density at radius 2 is 2.17 bits per heavy atom. The fourth-order valence-corrected chi connectivity index (χ4v) is 1.89. The molecule has 1 aliphatic rings. The Labute approximate surface area is 102 Å². The molecule has 2 rings (SSSR count). The molecule has 98 valence electrons. The zero-order valence-corrected chi connectivity index (χ0v) is 9.61. The average Bonchev–Trinajstić information content (AvgIpc) is 2.38. The molecule has 0 atom stereocenters. The molecule has 2 heterocycles. The lowest BCUT2D eigenvalue weighted by atomic mass is 10.1. The molecule has 1 aliphatic heterocycles. The predicted molar refractivity (Wildman–Crippen MR) is 60.9 cm³/mol. The van der Waals surface area contributed by atoms with Crippen molar-refractivity contribution in [2.75, 3.05) is 18.0 Å². The van der Waals surface area contributed by atoms with E-state index in [1.165, 1.54) is 12.3 Å². The zero-order chi connectivity index (χ0) is 13.2. The van der Waals surface area contributed by atoms with Crippen molar-refractivity contribution in [3.05, 3.63) is 29.5 Å². The van der Waals surface area contributed by atoms with Crippen LogP contribution in [0.3, 0.4) is 0 Å². The first-order valence-electron chi connectivity index (χ1n) is 5.54. The van der Waals surface area contributed by atoms with Crippen molar-refractivity contribution < 1.29 is 13.2 Å². The molecule has 7 heteroatoms. The van der Waals surface area contributed by atoms with Crippen LogP contribution in [0.4, 0.5) is 19.0 Å². The first-order valence-corrected chi connectivity index (χ1v) is 5.54. The molecule has 18 heavy (non-hydrogen) atoms. The fourth-order valence-electron chi connectivity index (χ4n) is 1.89. The van der Waals surface area contributed by atoms with E-state index in [2.05, 4.69) is 10.2 Å². The summed E-state index contributed by atoms with van der Waals surface area (Å²) >= 11 is 0. The lowest BCUT2D eigenvalue weighted by Crippen LogP contribution is -2.33. The summed E-state index contributed by atoms with van der Waals surface area (Å²) < 4.78 is 37.4. The lowest BCUT2D eigenvalue weighted by Gasteiger charge is -2.28. The molecule has 2 N–H and O–H groups in total. The van der Waals surface area contributed by atoms with Crippen LogP contribution in [-0.4, -0.2) is 29.5 Å². The van der Waals surface area contributed by atoms with Gasteiger partial charge in [0.1, 0.15) is 0 Å². The normalized spacial score (nSPS) is 16.7. The third-order valence-electron chi connectivity index (χ3n) is 2.87. The predicted octanol–water partition coefficient (Wildman–Crippen LogP) is 1.63. The van der Waals surface area contributed by atoms with Crippen molar-refractivity contribution in [1.29, 1.82) is 0 Å². The van der Waals surface area contributed by atoms with E-state index in [1.807, 2.05) is 0 Å². The molecule has 0 bridgehead atoms. The fraction of sp³-hybridized carbons (Fsp3) is 0.455. The van der Waals surface area contributed by atoms with Gasteiger partial charge in [0.25, 0.3) is 0 Å². The quantitative estimate of drug-likeness (QED) is 0.819. The van der Waals surface area contributed by atoms with Crippen molar-refractivity contribution in [3.8, 4) is 0 Å². The third-order valence-corrected chi connectivity index (χ3v) is 2.87. The molecule has 0 unspecified atom stereocenters. The van der Waals surface area contributed by atoms with Crippen LogP contribution < -0.4 is 10.6 Å². The van der Waals surface area contributed by atoms with Crippen LogP contribution in [0, 0.1) is 0 Å². The summed E-state index contributed by atoms with van der Waals surface area (Å²) in [6.45, 7) is 0.745. The minimum atomic E-state index is -4.23. The van der Waals surface area contributed by atoms with Crippen LogP contribution in [0.15, 0.2) is 23.9 Å². The SMILES string of the molecule is NCc1ccnnc1N1CC=C(C(F)(F)F)CC1. The summed E-state index contributed by atoms with van der Waals surface area (Å²) in [4.78, 5) is 1.75. The minimum Gasteiger partial charge on any atom is -0.351 e. The summed E-state index contributed by atoms with van der Waals surface area (Å²) in [5.74, 6) is 0.567. The van der Waals surface area contributed by atoms with E-state index in [1.54, 1.807) is 11.0 Å². The van der Waals surface area contributed by atoms with E-state index in [0.717, 1.165) is 5.56 Å². The van der Waals surface area contributed by atoms with Gasteiger partial charge in [-0.1, -0.05) is 6.08 Å². The van der Waals surface area contributed by atoms with Gasteiger partial charge in [-0.3, -0.25) is 0 Å². The summed E-state index contributed by atoms with van der Waals surface area (Å²) in [7, 11) is 0. The van der Waals surface area contributed by atoms with E-state index in [9.17, 15) is 13.2 Å². The molecule has 0 fully saturated rings. The summed E-state index contributed by atoms with van der Waals surface area (Å²) in [5, 5.41) is 7.69. The van der Waals surface area contributed by atoms with Crippen LogP contribution in [-0.2, 0) is 6.54 Å². The van der Waals surface area contributed by atoms with Crippen LogP contribution in [0.2, 0.25) is 0 Å². The maximum absolute atomic E-state index is 12.5. The molecular weight excluding hydrogens is 245 g/mol. The van der Waals surface area contributed by atoms with Crippen molar-refractivity contribution in [2.24, 2.45) is 5.73 Å². The van der Waals surface area contributed by atoms with E-state index in [0.29, 0.717) is 5.82 Å². The van der Waals surface area contributed by atoms with E-state index in [-0.39, 0.29) is 26.1 Å². The summed E-state index contributed by atoms with van der Waals surface area (Å²) in [5.41, 5.74) is 5.87. The topological polar surface area (TPSA) is 55.0 Å². The Bertz CT molecular complexity index is 456. The second-order valence-electron chi connectivity index (χ2n) is 4.01. The minimum absolute atomic E-state index is 0.0376. The number of aromatic nitrogens is 2.